The number of rotatable bonds is 3. The Morgan fingerprint density at radius 3 is 2.85 bits per heavy atom. The Kier molecular flexibility index (Phi) is 3.44. The topological polar surface area (TPSA) is 78.4 Å². The van der Waals surface area contributed by atoms with Crippen LogP contribution in [0.4, 0.5) is 5.69 Å². The van der Waals surface area contributed by atoms with Gasteiger partial charge in [-0.25, -0.2) is 4.79 Å². The second-order valence-corrected chi connectivity index (χ2v) is 5.58. The summed E-state index contributed by atoms with van der Waals surface area (Å²) in [7, 11) is 0. The molecule has 0 aromatic heterocycles. The van der Waals surface area contributed by atoms with E-state index >= 15 is 0 Å². The summed E-state index contributed by atoms with van der Waals surface area (Å²) in [6, 6.07) is 6.31. The summed E-state index contributed by atoms with van der Waals surface area (Å²) in [5.74, 6) is -0.153. The maximum atomic E-state index is 12.4. The highest BCUT2D eigenvalue weighted by molar-refractivity contribution is 6.02. The average molecular weight is 274 g/mol. The second kappa shape index (κ2) is 5.25. The lowest BCUT2D eigenvalue weighted by Crippen LogP contribution is -2.40. The molecule has 2 aliphatic rings. The number of nitrogens with one attached hydrogen (secondary N) is 2. The van der Waals surface area contributed by atoms with Crippen LogP contribution >= 0.6 is 0 Å². The quantitative estimate of drug-likeness (QED) is 0.784. The van der Waals surface area contributed by atoms with Crippen molar-refractivity contribution in [3.05, 3.63) is 29.8 Å². The Bertz CT molecular complexity index is 544. The summed E-state index contributed by atoms with van der Waals surface area (Å²) in [5.41, 5.74) is 0.495. The Labute approximate surface area is 117 Å². The Morgan fingerprint density at radius 2 is 2.05 bits per heavy atom. The van der Waals surface area contributed by atoms with Gasteiger partial charge in [0.2, 0.25) is 5.91 Å². The van der Waals surface area contributed by atoms with E-state index < -0.39 is 5.97 Å². The highest BCUT2D eigenvalue weighted by Gasteiger charge is 2.42. The zero-order valence-corrected chi connectivity index (χ0v) is 11.1. The van der Waals surface area contributed by atoms with E-state index in [0.717, 1.165) is 13.0 Å². The molecular weight excluding hydrogens is 256 g/mol. The van der Waals surface area contributed by atoms with Gasteiger partial charge in [0, 0.05) is 0 Å². The molecule has 1 saturated heterocycles. The molecule has 1 aliphatic heterocycles. The van der Waals surface area contributed by atoms with Crippen molar-refractivity contribution in [1.29, 1.82) is 0 Å². The monoisotopic (exact) mass is 274 g/mol. The predicted molar refractivity (Wildman–Crippen MR) is 74.7 cm³/mol. The molecule has 5 heteroatoms. The molecule has 3 unspecified atom stereocenters. The van der Waals surface area contributed by atoms with Crippen molar-refractivity contribution in [2.45, 2.75) is 25.3 Å². The molecule has 1 amide bonds. The Morgan fingerprint density at radius 1 is 1.25 bits per heavy atom. The maximum absolute atomic E-state index is 12.4. The van der Waals surface area contributed by atoms with Crippen molar-refractivity contribution in [3.8, 4) is 0 Å². The number of amides is 1. The molecule has 3 atom stereocenters. The smallest absolute Gasteiger partial charge is 0.337 e. The van der Waals surface area contributed by atoms with Crippen LogP contribution < -0.4 is 10.6 Å². The lowest BCUT2D eigenvalue weighted by atomic mass is 9.93. The summed E-state index contributed by atoms with van der Waals surface area (Å²) in [6.07, 6.45) is 3.45. The highest BCUT2D eigenvalue weighted by Crippen LogP contribution is 2.38. The van der Waals surface area contributed by atoms with E-state index in [1.807, 2.05) is 0 Å². The van der Waals surface area contributed by atoms with Gasteiger partial charge in [0.15, 0.2) is 0 Å². The van der Waals surface area contributed by atoms with Crippen molar-refractivity contribution in [1.82, 2.24) is 5.32 Å². The largest absolute Gasteiger partial charge is 0.478 e. The Hall–Kier alpha value is -1.88. The first-order chi connectivity index (χ1) is 9.66. The van der Waals surface area contributed by atoms with E-state index in [0.29, 0.717) is 17.5 Å². The minimum Gasteiger partial charge on any atom is -0.478 e. The van der Waals surface area contributed by atoms with E-state index in [9.17, 15) is 9.59 Å². The number of carbonyl (C=O) groups is 2. The fraction of sp³-hybridized carbons (Fsp3) is 0.467. The predicted octanol–water partition coefficient (Wildman–Crippen LogP) is 1.71. The summed E-state index contributed by atoms with van der Waals surface area (Å²) >= 11 is 0. The van der Waals surface area contributed by atoms with Gasteiger partial charge in [-0.2, -0.15) is 0 Å². The number of hydrogen-bond donors (Lipinski definition) is 3. The lowest BCUT2D eigenvalue weighted by Gasteiger charge is -2.18. The SMILES string of the molecule is O=C(O)c1ccccc1NC(=O)C1NCC2CCCC21. The zero-order chi connectivity index (χ0) is 14.1. The van der Waals surface area contributed by atoms with Crippen LogP contribution in [0.2, 0.25) is 0 Å². The van der Waals surface area contributed by atoms with E-state index in [4.69, 9.17) is 5.11 Å². The standard InChI is InChI=1S/C15H18N2O3/c18-14(13-10-6-3-4-9(10)8-16-13)17-12-7-2-1-5-11(12)15(19)20/h1-2,5,7,9-10,13,16H,3-4,6,8H2,(H,17,18)(H,19,20). The first kappa shape index (κ1) is 13.1. The van der Waals surface area contributed by atoms with Crippen LogP contribution in [-0.2, 0) is 4.79 Å². The molecule has 2 fully saturated rings. The normalized spacial score (nSPS) is 28.1. The third-order valence-electron chi connectivity index (χ3n) is 4.44. The molecule has 1 saturated carbocycles. The second-order valence-electron chi connectivity index (χ2n) is 5.58. The number of benzene rings is 1. The van der Waals surface area contributed by atoms with Crippen LogP contribution in [-0.4, -0.2) is 29.6 Å². The first-order valence-electron chi connectivity index (χ1n) is 7.03. The number of hydrogen-bond acceptors (Lipinski definition) is 3. The van der Waals surface area contributed by atoms with Crippen LogP contribution in [0, 0.1) is 11.8 Å². The molecule has 20 heavy (non-hydrogen) atoms. The minimum atomic E-state index is -1.03. The fourth-order valence-electron chi connectivity index (χ4n) is 3.46. The molecule has 0 spiro atoms. The Balaban J connectivity index is 1.75. The number of carboxylic acids is 1. The van der Waals surface area contributed by atoms with Gasteiger partial charge in [-0.05, 0) is 43.4 Å². The first-order valence-corrected chi connectivity index (χ1v) is 7.03. The van der Waals surface area contributed by atoms with Crippen LogP contribution in [0.15, 0.2) is 24.3 Å². The van der Waals surface area contributed by atoms with E-state index in [1.165, 1.54) is 18.9 Å². The number of para-hydroxylation sites is 1. The number of anilines is 1. The molecular formula is C15H18N2O3. The van der Waals surface area contributed by atoms with E-state index in [1.54, 1.807) is 18.2 Å². The van der Waals surface area contributed by atoms with E-state index in [2.05, 4.69) is 10.6 Å². The van der Waals surface area contributed by atoms with Crippen molar-refractivity contribution in [2.24, 2.45) is 11.8 Å². The lowest BCUT2D eigenvalue weighted by molar-refractivity contribution is -0.118. The third-order valence-corrected chi connectivity index (χ3v) is 4.44. The maximum Gasteiger partial charge on any atom is 0.337 e. The molecule has 1 aromatic carbocycles. The fourth-order valence-corrected chi connectivity index (χ4v) is 3.46. The van der Waals surface area contributed by atoms with Crippen LogP contribution in [0.25, 0.3) is 0 Å². The van der Waals surface area contributed by atoms with Gasteiger partial charge in [0.05, 0.1) is 17.3 Å². The number of carboxylic acid groups (broad SMARTS) is 1. The summed E-state index contributed by atoms with van der Waals surface area (Å²) in [5, 5.41) is 15.2. The van der Waals surface area contributed by atoms with Gasteiger partial charge in [-0.1, -0.05) is 18.6 Å². The molecule has 1 aliphatic carbocycles. The van der Waals surface area contributed by atoms with Crippen molar-refractivity contribution in [2.75, 3.05) is 11.9 Å². The summed E-state index contributed by atoms with van der Waals surface area (Å²) in [4.78, 5) is 23.5. The van der Waals surface area contributed by atoms with Gasteiger partial charge >= 0.3 is 5.97 Å². The minimum absolute atomic E-state index is 0.117. The molecule has 0 radical (unpaired) electrons. The molecule has 3 N–H and O–H groups in total. The summed E-state index contributed by atoms with van der Waals surface area (Å²) in [6.45, 7) is 0.892. The van der Waals surface area contributed by atoms with Gasteiger partial charge in [0.1, 0.15) is 0 Å². The molecule has 0 bridgehead atoms. The van der Waals surface area contributed by atoms with Crippen LogP contribution in [0.1, 0.15) is 29.6 Å². The molecule has 1 heterocycles. The molecule has 1 aromatic rings. The van der Waals surface area contributed by atoms with Crippen molar-refractivity contribution < 1.29 is 14.7 Å². The average Bonchev–Trinajstić information content (AvgIpc) is 3.01. The number of carbonyl (C=O) groups excluding carboxylic acids is 1. The van der Waals surface area contributed by atoms with Gasteiger partial charge in [-0.15, -0.1) is 0 Å². The van der Waals surface area contributed by atoms with E-state index in [-0.39, 0.29) is 17.5 Å². The molecule has 106 valence electrons. The van der Waals surface area contributed by atoms with Crippen molar-refractivity contribution >= 4 is 17.6 Å². The van der Waals surface area contributed by atoms with Gasteiger partial charge in [0.25, 0.3) is 0 Å². The third kappa shape index (κ3) is 2.29. The van der Waals surface area contributed by atoms with Crippen molar-refractivity contribution in [3.63, 3.8) is 0 Å². The number of fused-ring (bicyclic) bond motifs is 1. The van der Waals surface area contributed by atoms with Crippen LogP contribution in [0.5, 0.6) is 0 Å². The number of aromatic carboxylic acids is 1. The summed E-state index contributed by atoms with van der Waals surface area (Å²) < 4.78 is 0. The highest BCUT2D eigenvalue weighted by atomic mass is 16.4. The van der Waals surface area contributed by atoms with Gasteiger partial charge in [-0.3, -0.25) is 4.79 Å². The molecule has 3 rings (SSSR count). The molecule has 5 nitrogen and oxygen atoms in total. The zero-order valence-electron chi connectivity index (χ0n) is 11.1. The van der Waals surface area contributed by atoms with Crippen LogP contribution in [0.3, 0.4) is 0 Å². The van der Waals surface area contributed by atoms with Gasteiger partial charge < -0.3 is 15.7 Å².